The average molecular weight is 428 g/mol. The van der Waals surface area contributed by atoms with Crippen LogP contribution in [0, 0.1) is 5.92 Å². The zero-order valence-electron chi connectivity index (χ0n) is 18.2. The fraction of sp³-hybridized carbons (Fsp3) is 0.542. The molecule has 6 heteroatoms. The molecular weight excluding hydrogens is 394 g/mol. The van der Waals surface area contributed by atoms with Gasteiger partial charge in [-0.05, 0) is 85.0 Å². The molecule has 2 unspecified atom stereocenters. The second-order valence-corrected chi connectivity index (χ2v) is 11.6. The predicted octanol–water partition coefficient (Wildman–Crippen LogP) is 3.93. The van der Waals surface area contributed by atoms with Gasteiger partial charge in [-0.3, -0.25) is 4.98 Å². The monoisotopic (exact) mass is 427 g/mol. The third kappa shape index (κ3) is 4.61. The maximum Gasteiger partial charge on any atom is 0.243 e. The lowest BCUT2D eigenvalue weighted by molar-refractivity contribution is 0.254. The third-order valence-corrected chi connectivity index (χ3v) is 8.45. The van der Waals surface area contributed by atoms with Crippen molar-refractivity contribution in [3.8, 4) is 0 Å². The van der Waals surface area contributed by atoms with Crippen molar-refractivity contribution < 1.29 is 8.42 Å². The van der Waals surface area contributed by atoms with Gasteiger partial charge >= 0.3 is 0 Å². The minimum Gasteiger partial charge on any atom is -0.317 e. The van der Waals surface area contributed by atoms with Crippen LogP contribution in [0.4, 0.5) is 0 Å². The first-order valence-corrected chi connectivity index (χ1v) is 12.4. The van der Waals surface area contributed by atoms with Crippen LogP contribution in [0.2, 0.25) is 0 Å². The van der Waals surface area contributed by atoms with Crippen molar-refractivity contribution in [2.24, 2.45) is 5.92 Å². The van der Waals surface area contributed by atoms with Gasteiger partial charge in [-0.25, -0.2) is 8.42 Å². The Morgan fingerprint density at radius 2 is 1.67 bits per heavy atom. The van der Waals surface area contributed by atoms with Crippen molar-refractivity contribution in [2.45, 2.75) is 62.3 Å². The van der Waals surface area contributed by atoms with Crippen LogP contribution >= 0.6 is 0 Å². The van der Waals surface area contributed by atoms with E-state index in [-0.39, 0.29) is 11.5 Å². The minimum absolute atomic E-state index is 0.00277. The van der Waals surface area contributed by atoms with E-state index in [1.54, 1.807) is 12.1 Å². The van der Waals surface area contributed by atoms with Gasteiger partial charge in [-0.15, -0.1) is 0 Å². The van der Waals surface area contributed by atoms with Crippen molar-refractivity contribution in [2.75, 3.05) is 19.6 Å². The molecule has 1 aliphatic heterocycles. The number of rotatable bonds is 6. The van der Waals surface area contributed by atoms with Crippen molar-refractivity contribution in [3.63, 3.8) is 0 Å². The summed E-state index contributed by atoms with van der Waals surface area (Å²) in [5.74, 6) is 0.821. The molecule has 1 saturated carbocycles. The highest BCUT2D eigenvalue weighted by atomic mass is 32.2. The minimum atomic E-state index is -3.53. The summed E-state index contributed by atoms with van der Waals surface area (Å²) >= 11 is 0. The lowest BCUT2D eigenvalue weighted by atomic mass is 9.87. The molecule has 2 atom stereocenters. The molecule has 1 aromatic heterocycles. The predicted molar refractivity (Wildman–Crippen MR) is 120 cm³/mol. The fourth-order valence-electron chi connectivity index (χ4n) is 4.50. The lowest BCUT2D eigenvalue weighted by Crippen LogP contribution is -2.47. The molecule has 4 rings (SSSR count). The first kappa shape index (κ1) is 21.5. The SMILES string of the molecule is CC(C)(C)c1ccc(S(=O)(=O)N(CC2CC2c2ccncc2)C2CCNCC2)cc1. The quantitative estimate of drug-likeness (QED) is 0.759. The van der Waals surface area contributed by atoms with Crippen LogP contribution in [0.1, 0.15) is 57.1 Å². The summed E-state index contributed by atoms with van der Waals surface area (Å²) in [5.41, 5.74) is 2.42. The highest BCUT2D eigenvalue weighted by molar-refractivity contribution is 7.89. The molecule has 0 spiro atoms. The standard InChI is InChI=1S/C24H33N3O2S/c1-24(2,3)20-4-6-22(7-5-20)30(28,29)27(21-10-14-26-15-11-21)17-19-16-23(19)18-8-12-25-13-9-18/h4-9,12-13,19,21,23,26H,10-11,14-17H2,1-3H3. The molecule has 2 aliphatic rings. The smallest absolute Gasteiger partial charge is 0.243 e. The molecule has 0 bridgehead atoms. The molecule has 1 N–H and O–H groups in total. The Morgan fingerprint density at radius 3 is 2.27 bits per heavy atom. The van der Waals surface area contributed by atoms with Crippen LogP contribution in [-0.2, 0) is 15.4 Å². The van der Waals surface area contributed by atoms with E-state index >= 15 is 0 Å². The van der Waals surface area contributed by atoms with E-state index in [1.807, 2.05) is 28.8 Å². The molecule has 162 valence electrons. The number of nitrogens with one attached hydrogen (secondary N) is 1. The van der Waals surface area contributed by atoms with E-state index in [9.17, 15) is 8.42 Å². The highest BCUT2D eigenvalue weighted by Crippen LogP contribution is 2.48. The van der Waals surface area contributed by atoms with Gasteiger partial charge in [0.05, 0.1) is 4.90 Å². The summed E-state index contributed by atoms with van der Waals surface area (Å²) < 4.78 is 29.2. The molecule has 2 fully saturated rings. The first-order valence-electron chi connectivity index (χ1n) is 11.0. The van der Waals surface area contributed by atoms with Gasteiger partial charge in [0.1, 0.15) is 0 Å². The molecule has 2 aromatic rings. The second-order valence-electron chi connectivity index (χ2n) is 9.71. The summed E-state index contributed by atoms with van der Waals surface area (Å²) in [7, 11) is -3.53. The zero-order chi connectivity index (χ0) is 21.4. The zero-order valence-corrected chi connectivity index (χ0v) is 19.0. The largest absolute Gasteiger partial charge is 0.317 e. The molecule has 30 heavy (non-hydrogen) atoms. The van der Waals surface area contributed by atoms with E-state index in [1.165, 1.54) is 5.56 Å². The number of nitrogens with zero attached hydrogens (tertiary/aromatic N) is 2. The number of piperidine rings is 1. The van der Waals surface area contributed by atoms with Crippen molar-refractivity contribution in [3.05, 3.63) is 59.9 Å². The topological polar surface area (TPSA) is 62.3 Å². The number of benzene rings is 1. The van der Waals surface area contributed by atoms with Crippen LogP contribution in [0.15, 0.2) is 53.7 Å². The Balaban J connectivity index is 1.57. The van der Waals surface area contributed by atoms with Gasteiger partial charge in [0.25, 0.3) is 0 Å². The molecule has 1 aliphatic carbocycles. The van der Waals surface area contributed by atoms with Crippen molar-refractivity contribution in [1.29, 1.82) is 0 Å². The van der Waals surface area contributed by atoms with Crippen LogP contribution in [-0.4, -0.2) is 43.4 Å². The molecule has 0 radical (unpaired) electrons. The van der Waals surface area contributed by atoms with Crippen LogP contribution < -0.4 is 5.32 Å². The molecule has 5 nitrogen and oxygen atoms in total. The lowest BCUT2D eigenvalue weighted by Gasteiger charge is -2.34. The number of hydrogen-bond donors (Lipinski definition) is 1. The maximum absolute atomic E-state index is 13.7. The van der Waals surface area contributed by atoms with Gasteiger partial charge in [-0.2, -0.15) is 4.31 Å². The van der Waals surface area contributed by atoms with Crippen molar-refractivity contribution in [1.82, 2.24) is 14.6 Å². The highest BCUT2D eigenvalue weighted by Gasteiger charge is 2.43. The van der Waals surface area contributed by atoms with Crippen LogP contribution in [0.25, 0.3) is 0 Å². The Bertz CT molecular complexity index is 946. The van der Waals surface area contributed by atoms with E-state index in [0.717, 1.165) is 37.9 Å². The summed E-state index contributed by atoms with van der Waals surface area (Å²) in [6, 6.07) is 11.7. The third-order valence-electron chi connectivity index (χ3n) is 6.51. The van der Waals surface area contributed by atoms with E-state index in [2.05, 4.69) is 43.2 Å². The molecular formula is C24H33N3O2S. The van der Waals surface area contributed by atoms with Gasteiger partial charge < -0.3 is 5.32 Å². The van der Waals surface area contributed by atoms with Gasteiger partial charge in [0.15, 0.2) is 0 Å². The van der Waals surface area contributed by atoms with E-state index in [0.29, 0.717) is 23.3 Å². The van der Waals surface area contributed by atoms with Gasteiger partial charge in [0.2, 0.25) is 10.0 Å². The molecule has 2 heterocycles. The summed E-state index contributed by atoms with van der Waals surface area (Å²) in [6.45, 7) is 8.77. The fourth-order valence-corrected chi connectivity index (χ4v) is 6.24. The summed E-state index contributed by atoms with van der Waals surface area (Å²) in [5, 5.41) is 3.36. The average Bonchev–Trinajstić information content (AvgIpc) is 3.52. The van der Waals surface area contributed by atoms with E-state index in [4.69, 9.17) is 0 Å². The van der Waals surface area contributed by atoms with Crippen LogP contribution in [0.5, 0.6) is 0 Å². The number of aromatic nitrogens is 1. The Labute approximate surface area is 181 Å². The van der Waals surface area contributed by atoms with Crippen molar-refractivity contribution >= 4 is 10.0 Å². The Kier molecular flexibility index (Phi) is 6.02. The Morgan fingerprint density at radius 1 is 1.03 bits per heavy atom. The number of hydrogen-bond acceptors (Lipinski definition) is 4. The van der Waals surface area contributed by atoms with Gasteiger partial charge in [-0.1, -0.05) is 32.9 Å². The number of sulfonamides is 1. The summed E-state index contributed by atoms with van der Waals surface area (Å²) in [6.07, 6.45) is 6.42. The molecule has 1 aromatic carbocycles. The normalized spacial score (nSPS) is 22.9. The second kappa shape index (κ2) is 8.40. The molecule has 0 amide bonds. The summed E-state index contributed by atoms with van der Waals surface area (Å²) in [4.78, 5) is 4.52. The van der Waals surface area contributed by atoms with Gasteiger partial charge in [0, 0.05) is 25.0 Å². The van der Waals surface area contributed by atoms with E-state index < -0.39 is 10.0 Å². The number of pyridine rings is 1. The first-order chi connectivity index (χ1) is 14.3. The maximum atomic E-state index is 13.7. The Hall–Kier alpha value is -1.76. The molecule has 1 saturated heterocycles. The van der Waals surface area contributed by atoms with Crippen LogP contribution in [0.3, 0.4) is 0 Å².